The van der Waals surface area contributed by atoms with Crippen molar-refractivity contribution >= 4 is 11.9 Å². The Hall–Kier alpha value is -2.84. The van der Waals surface area contributed by atoms with Gasteiger partial charge in [-0.15, -0.1) is 0 Å². The summed E-state index contributed by atoms with van der Waals surface area (Å²) >= 11 is 0. The lowest BCUT2D eigenvalue weighted by Crippen LogP contribution is -2.44. The average Bonchev–Trinajstić information content (AvgIpc) is 3.11. The molecule has 9 heteroatoms. The normalized spacial score (nSPS) is 14.4. The average molecular weight is 331 g/mol. The summed E-state index contributed by atoms with van der Waals surface area (Å²) in [7, 11) is 0. The predicted molar refractivity (Wildman–Crippen MR) is 87.0 cm³/mol. The fourth-order valence-electron chi connectivity index (χ4n) is 2.73. The molecular weight excluding hydrogens is 310 g/mol. The Bertz CT molecular complexity index is 771. The van der Waals surface area contributed by atoms with Gasteiger partial charge in [0.2, 0.25) is 0 Å². The highest BCUT2D eigenvalue weighted by Gasteiger charge is 2.31. The maximum atomic E-state index is 12.9. The smallest absolute Gasteiger partial charge is 0.315 e. The van der Waals surface area contributed by atoms with Crippen molar-refractivity contribution in [3.8, 4) is 11.3 Å². The highest BCUT2D eigenvalue weighted by Crippen LogP contribution is 2.28. The number of hydrogen-bond acceptors (Lipinski definition) is 4. The molecule has 9 nitrogen and oxygen atoms in total. The van der Waals surface area contributed by atoms with Crippen LogP contribution < -0.4 is 11.1 Å². The molecule has 3 rings (SSSR count). The zero-order valence-corrected chi connectivity index (χ0v) is 14.0. The molecular formula is C15H21N7O2. The van der Waals surface area contributed by atoms with Crippen molar-refractivity contribution in [3.05, 3.63) is 23.7 Å². The van der Waals surface area contributed by atoms with Gasteiger partial charge in [-0.3, -0.25) is 14.6 Å². The third kappa shape index (κ3) is 2.97. The van der Waals surface area contributed by atoms with Gasteiger partial charge in [0, 0.05) is 23.8 Å². The van der Waals surface area contributed by atoms with Gasteiger partial charge in [0.05, 0.1) is 30.5 Å². The summed E-state index contributed by atoms with van der Waals surface area (Å²) in [4.78, 5) is 25.9. The predicted octanol–water partition coefficient (Wildman–Crippen LogP) is 0.696. The summed E-state index contributed by atoms with van der Waals surface area (Å²) in [6.45, 7) is 6.95. The first-order chi connectivity index (χ1) is 11.3. The highest BCUT2D eigenvalue weighted by molar-refractivity contribution is 6.01. The number of aromatic amines is 1. The summed E-state index contributed by atoms with van der Waals surface area (Å²) < 4.78 is 1.76. The number of amides is 3. The van der Waals surface area contributed by atoms with E-state index in [4.69, 9.17) is 5.73 Å². The lowest BCUT2D eigenvalue weighted by atomic mass is 10.0. The molecule has 0 radical (unpaired) electrons. The van der Waals surface area contributed by atoms with Gasteiger partial charge < -0.3 is 16.0 Å². The van der Waals surface area contributed by atoms with E-state index in [1.165, 1.54) is 4.90 Å². The SMILES string of the molecule is CC(C)(C)NC(=O)c1c(-c2cn[nH]c2)nn2c1CN(C(N)=O)CC2. The number of carbonyl (C=O) groups excluding carboxylic acids is 2. The van der Waals surface area contributed by atoms with E-state index in [9.17, 15) is 9.59 Å². The molecule has 2 aromatic rings. The van der Waals surface area contributed by atoms with E-state index in [0.29, 0.717) is 30.0 Å². The Kier molecular flexibility index (Phi) is 3.78. The van der Waals surface area contributed by atoms with E-state index in [1.54, 1.807) is 17.1 Å². The van der Waals surface area contributed by atoms with Gasteiger partial charge in [-0.2, -0.15) is 10.2 Å². The lowest BCUT2D eigenvalue weighted by Gasteiger charge is -2.27. The molecule has 24 heavy (non-hydrogen) atoms. The quantitative estimate of drug-likeness (QED) is 0.749. The molecule has 0 bridgehead atoms. The third-order valence-corrected chi connectivity index (χ3v) is 3.78. The first-order valence-electron chi connectivity index (χ1n) is 7.72. The zero-order chi connectivity index (χ0) is 17.5. The van der Waals surface area contributed by atoms with E-state index in [2.05, 4.69) is 20.6 Å². The minimum absolute atomic E-state index is 0.230. The number of hydrogen-bond donors (Lipinski definition) is 3. The molecule has 0 unspecified atom stereocenters. The number of primary amides is 1. The number of nitrogens with zero attached hydrogens (tertiary/aromatic N) is 4. The molecule has 0 atom stereocenters. The number of aromatic nitrogens is 4. The van der Waals surface area contributed by atoms with Crippen LogP contribution in [0.15, 0.2) is 12.4 Å². The summed E-state index contributed by atoms with van der Waals surface area (Å²) in [5, 5.41) is 14.2. The van der Waals surface area contributed by atoms with Crippen molar-refractivity contribution in [3.63, 3.8) is 0 Å². The molecule has 0 spiro atoms. The van der Waals surface area contributed by atoms with Crippen LogP contribution in [0.3, 0.4) is 0 Å². The Morgan fingerprint density at radius 1 is 1.33 bits per heavy atom. The van der Waals surface area contributed by atoms with Crippen molar-refractivity contribution < 1.29 is 9.59 Å². The van der Waals surface area contributed by atoms with Crippen LogP contribution in [-0.2, 0) is 13.1 Å². The molecule has 3 amide bonds. The fraction of sp³-hybridized carbons (Fsp3) is 0.467. The standard InChI is InChI=1S/C15H21N7O2/c1-15(2,3)19-13(23)11-10-8-21(14(16)24)4-5-22(10)20-12(11)9-6-17-18-7-9/h6-7H,4-5,8H2,1-3H3,(H2,16,24)(H,17,18)(H,19,23). The van der Waals surface area contributed by atoms with E-state index >= 15 is 0 Å². The van der Waals surface area contributed by atoms with Crippen molar-refractivity contribution in [2.75, 3.05) is 6.54 Å². The number of nitrogens with two attached hydrogens (primary N) is 1. The number of urea groups is 1. The topological polar surface area (TPSA) is 122 Å². The van der Waals surface area contributed by atoms with Crippen LogP contribution in [0.4, 0.5) is 4.79 Å². The minimum atomic E-state index is -0.505. The molecule has 128 valence electrons. The number of rotatable bonds is 2. The molecule has 0 fully saturated rings. The van der Waals surface area contributed by atoms with Gasteiger partial charge in [-0.05, 0) is 20.8 Å². The van der Waals surface area contributed by atoms with Gasteiger partial charge in [0.15, 0.2) is 0 Å². The molecule has 3 heterocycles. The second kappa shape index (κ2) is 5.66. The Balaban J connectivity index is 2.08. The van der Waals surface area contributed by atoms with Crippen LogP contribution in [0, 0.1) is 0 Å². The van der Waals surface area contributed by atoms with Crippen LogP contribution in [0.2, 0.25) is 0 Å². The van der Waals surface area contributed by atoms with Gasteiger partial charge in [0.25, 0.3) is 5.91 Å². The molecule has 0 aromatic carbocycles. The second-order valence-corrected chi connectivity index (χ2v) is 6.84. The van der Waals surface area contributed by atoms with E-state index in [0.717, 1.165) is 5.56 Å². The third-order valence-electron chi connectivity index (χ3n) is 3.78. The monoisotopic (exact) mass is 331 g/mol. The van der Waals surface area contributed by atoms with Crippen molar-refractivity contribution in [1.82, 2.24) is 30.2 Å². The van der Waals surface area contributed by atoms with Gasteiger partial charge in [-0.1, -0.05) is 0 Å². The van der Waals surface area contributed by atoms with Crippen LogP contribution in [0.1, 0.15) is 36.8 Å². The Labute approximate surface area is 139 Å². The number of carbonyl (C=O) groups is 2. The number of nitrogens with one attached hydrogen (secondary N) is 2. The molecule has 0 saturated heterocycles. The molecule has 4 N–H and O–H groups in total. The summed E-state index contributed by atoms with van der Waals surface area (Å²) in [5.74, 6) is -0.230. The van der Waals surface area contributed by atoms with Crippen molar-refractivity contribution in [2.24, 2.45) is 5.73 Å². The second-order valence-electron chi connectivity index (χ2n) is 6.84. The Morgan fingerprint density at radius 3 is 2.67 bits per heavy atom. The van der Waals surface area contributed by atoms with Gasteiger partial charge in [-0.25, -0.2) is 4.79 Å². The zero-order valence-electron chi connectivity index (χ0n) is 14.0. The lowest BCUT2D eigenvalue weighted by molar-refractivity contribution is 0.0916. The first-order valence-corrected chi connectivity index (χ1v) is 7.72. The molecule has 1 aliphatic rings. The van der Waals surface area contributed by atoms with Crippen molar-refractivity contribution in [1.29, 1.82) is 0 Å². The van der Waals surface area contributed by atoms with Crippen LogP contribution in [-0.4, -0.2) is 48.9 Å². The molecule has 2 aromatic heterocycles. The number of fused-ring (bicyclic) bond motifs is 1. The van der Waals surface area contributed by atoms with E-state index in [-0.39, 0.29) is 12.5 Å². The van der Waals surface area contributed by atoms with Crippen LogP contribution in [0.5, 0.6) is 0 Å². The Morgan fingerprint density at radius 2 is 2.08 bits per heavy atom. The van der Waals surface area contributed by atoms with E-state index < -0.39 is 11.6 Å². The first kappa shape index (κ1) is 16.0. The van der Waals surface area contributed by atoms with Crippen molar-refractivity contribution in [2.45, 2.75) is 39.4 Å². The van der Waals surface area contributed by atoms with Gasteiger partial charge in [0.1, 0.15) is 5.69 Å². The number of H-pyrrole nitrogens is 1. The van der Waals surface area contributed by atoms with Crippen LogP contribution in [0.25, 0.3) is 11.3 Å². The molecule has 0 aliphatic carbocycles. The highest BCUT2D eigenvalue weighted by atomic mass is 16.2. The molecule has 1 aliphatic heterocycles. The summed E-state index contributed by atoms with van der Waals surface area (Å²) in [6, 6.07) is -0.505. The van der Waals surface area contributed by atoms with E-state index in [1.807, 2.05) is 20.8 Å². The maximum absolute atomic E-state index is 12.9. The van der Waals surface area contributed by atoms with Gasteiger partial charge >= 0.3 is 6.03 Å². The van der Waals surface area contributed by atoms with Crippen LogP contribution >= 0.6 is 0 Å². The maximum Gasteiger partial charge on any atom is 0.315 e. The summed E-state index contributed by atoms with van der Waals surface area (Å²) in [6.07, 6.45) is 3.31. The fourth-order valence-corrected chi connectivity index (χ4v) is 2.73. The minimum Gasteiger partial charge on any atom is -0.351 e. The summed E-state index contributed by atoms with van der Waals surface area (Å²) in [5.41, 5.74) is 7.41. The molecule has 0 saturated carbocycles. The largest absolute Gasteiger partial charge is 0.351 e.